The van der Waals surface area contributed by atoms with E-state index in [1.807, 2.05) is 0 Å². The fourth-order valence-corrected chi connectivity index (χ4v) is 2.03. The Kier molecular flexibility index (Phi) is 6.25. The summed E-state index contributed by atoms with van der Waals surface area (Å²) in [5.74, 6) is -2.51. The smallest absolute Gasteiger partial charge is 0.331 e. The van der Waals surface area contributed by atoms with Gasteiger partial charge in [-0.2, -0.15) is 0 Å². The van der Waals surface area contributed by atoms with Crippen LogP contribution in [-0.4, -0.2) is 18.0 Å². The molecule has 0 aliphatic carbocycles. The van der Waals surface area contributed by atoms with Crippen LogP contribution in [0.25, 0.3) is 6.08 Å². The molecule has 1 amide bonds. The maximum Gasteiger partial charge on any atom is 0.331 e. The summed E-state index contributed by atoms with van der Waals surface area (Å²) in [5.41, 5.74) is 0.485. The van der Waals surface area contributed by atoms with Gasteiger partial charge in [0.05, 0.1) is 5.02 Å². The summed E-state index contributed by atoms with van der Waals surface area (Å²) in [7, 11) is 0. The monoisotopic (exact) mass is 365 g/mol. The van der Waals surface area contributed by atoms with Crippen molar-refractivity contribution in [2.75, 3.05) is 5.32 Å². The molecule has 0 bridgehead atoms. The summed E-state index contributed by atoms with van der Waals surface area (Å²) in [4.78, 5) is 23.7. The van der Waals surface area contributed by atoms with Crippen molar-refractivity contribution in [3.8, 4) is 0 Å². The Labute approximate surface area is 148 Å². The van der Waals surface area contributed by atoms with Gasteiger partial charge in [0.2, 0.25) is 0 Å². The number of halogens is 3. The molecule has 7 heteroatoms. The molecule has 2 aromatic carbocycles. The average molecular weight is 366 g/mol. The molecule has 0 unspecified atom stereocenters. The van der Waals surface area contributed by atoms with E-state index in [-0.39, 0.29) is 16.3 Å². The second-order valence-corrected chi connectivity index (χ2v) is 5.46. The van der Waals surface area contributed by atoms with Gasteiger partial charge in [-0.3, -0.25) is 4.79 Å². The van der Waals surface area contributed by atoms with Crippen LogP contribution >= 0.6 is 11.6 Å². The van der Waals surface area contributed by atoms with Crippen LogP contribution in [-0.2, 0) is 14.3 Å². The van der Waals surface area contributed by atoms with Crippen molar-refractivity contribution in [1.29, 1.82) is 0 Å². The van der Waals surface area contributed by atoms with Crippen LogP contribution in [0.5, 0.6) is 0 Å². The maximum atomic E-state index is 13.4. The first-order valence-corrected chi connectivity index (χ1v) is 7.64. The maximum absolute atomic E-state index is 13.4. The van der Waals surface area contributed by atoms with Gasteiger partial charge in [0, 0.05) is 17.3 Å². The molecule has 2 aromatic rings. The second kappa shape index (κ2) is 8.39. The molecule has 1 atom stereocenters. The van der Waals surface area contributed by atoms with Crippen LogP contribution < -0.4 is 5.32 Å². The first-order valence-electron chi connectivity index (χ1n) is 7.26. The lowest BCUT2D eigenvalue weighted by Gasteiger charge is -2.12. The molecule has 25 heavy (non-hydrogen) atoms. The number of benzene rings is 2. The first-order chi connectivity index (χ1) is 11.9. The van der Waals surface area contributed by atoms with Gasteiger partial charge in [-0.1, -0.05) is 29.8 Å². The SMILES string of the molecule is C[C@H](OC(=O)/C=C/c1ccccc1F)C(=O)Nc1ccc(F)c(Cl)c1. The number of nitrogens with one attached hydrogen (secondary N) is 1. The minimum atomic E-state index is -1.11. The largest absolute Gasteiger partial charge is 0.449 e. The summed E-state index contributed by atoms with van der Waals surface area (Å²) < 4.78 is 31.4. The zero-order valence-electron chi connectivity index (χ0n) is 13.1. The molecular formula is C18H14ClF2NO3. The van der Waals surface area contributed by atoms with E-state index >= 15 is 0 Å². The number of rotatable bonds is 5. The van der Waals surface area contributed by atoms with E-state index in [0.717, 1.165) is 12.1 Å². The van der Waals surface area contributed by atoms with Crippen LogP contribution in [0.4, 0.5) is 14.5 Å². The zero-order chi connectivity index (χ0) is 18.4. The molecule has 0 fully saturated rings. The number of carbonyl (C=O) groups excluding carboxylic acids is 2. The standard InChI is InChI=1S/C18H14ClF2NO3/c1-11(18(24)22-13-7-8-16(21)14(19)10-13)25-17(23)9-6-12-4-2-3-5-15(12)20/h2-11H,1H3,(H,22,24)/b9-6+/t11-/m0/s1. The van der Waals surface area contributed by atoms with Crippen molar-refractivity contribution in [1.82, 2.24) is 0 Å². The van der Waals surface area contributed by atoms with E-state index in [2.05, 4.69) is 5.32 Å². The molecule has 4 nitrogen and oxygen atoms in total. The normalized spacial score (nSPS) is 12.0. The summed E-state index contributed by atoms with van der Waals surface area (Å²) in [6, 6.07) is 9.57. The van der Waals surface area contributed by atoms with Crippen LogP contribution in [0.2, 0.25) is 5.02 Å². The van der Waals surface area contributed by atoms with Gasteiger partial charge in [0.1, 0.15) is 11.6 Å². The number of ether oxygens (including phenoxy) is 1. The molecule has 1 N–H and O–H groups in total. The molecule has 0 aliphatic rings. The Morgan fingerprint density at radius 1 is 1.16 bits per heavy atom. The third kappa shape index (κ3) is 5.39. The molecule has 0 heterocycles. The zero-order valence-corrected chi connectivity index (χ0v) is 13.9. The van der Waals surface area contributed by atoms with Gasteiger partial charge in [-0.15, -0.1) is 0 Å². The number of hydrogen-bond donors (Lipinski definition) is 1. The third-order valence-corrected chi connectivity index (χ3v) is 3.44. The van der Waals surface area contributed by atoms with Crippen LogP contribution in [0.3, 0.4) is 0 Å². The Bertz CT molecular complexity index is 824. The highest BCUT2D eigenvalue weighted by molar-refractivity contribution is 6.31. The van der Waals surface area contributed by atoms with Gasteiger partial charge in [0.25, 0.3) is 5.91 Å². The van der Waals surface area contributed by atoms with Gasteiger partial charge < -0.3 is 10.1 Å². The lowest BCUT2D eigenvalue weighted by Crippen LogP contribution is -2.29. The number of hydrogen-bond acceptors (Lipinski definition) is 3. The average Bonchev–Trinajstić information content (AvgIpc) is 2.57. The van der Waals surface area contributed by atoms with E-state index < -0.39 is 29.6 Å². The summed E-state index contributed by atoms with van der Waals surface area (Å²) in [6.45, 7) is 1.37. The Morgan fingerprint density at radius 3 is 2.56 bits per heavy atom. The predicted octanol–water partition coefficient (Wildman–Crippen LogP) is 4.20. The highest BCUT2D eigenvalue weighted by atomic mass is 35.5. The van der Waals surface area contributed by atoms with E-state index in [1.165, 1.54) is 43.3 Å². The van der Waals surface area contributed by atoms with Gasteiger partial charge in [0.15, 0.2) is 6.10 Å². The second-order valence-electron chi connectivity index (χ2n) is 5.05. The predicted molar refractivity (Wildman–Crippen MR) is 91.0 cm³/mol. The molecule has 0 radical (unpaired) electrons. The van der Waals surface area contributed by atoms with Crippen LogP contribution in [0.15, 0.2) is 48.5 Å². The van der Waals surface area contributed by atoms with E-state index in [1.54, 1.807) is 6.07 Å². The highest BCUT2D eigenvalue weighted by Gasteiger charge is 2.17. The van der Waals surface area contributed by atoms with E-state index in [0.29, 0.717) is 0 Å². The Morgan fingerprint density at radius 2 is 1.88 bits per heavy atom. The van der Waals surface area contributed by atoms with Crippen molar-refractivity contribution in [2.45, 2.75) is 13.0 Å². The summed E-state index contributed by atoms with van der Waals surface area (Å²) in [5, 5.41) is 2.30. The van der Waals surface area contributed by atoms with Crippen LogP contribution in [0.1, 0.15) is 12.5 Å². The number of carbonyl (C=O) groups is 2. The lowest BCUT2D eigenvalue weighted by molar-refractivity contribution is -0.148. The lowest BCUT2D eigenvalue weighted by atomic mass is 10.2. The first kappa shape index (κ1) is 18.6. The highest BCUT2D eigenvalue weighted by Crippen LogP contribution is 2.19. The summed E-state index contributed by atoms with van der Waals surface area (Å²) >= 11 is 5.62. The fraction of sp³-hybridized carbons (Fsp3) is 0.111. The molecule has 0 saturated heterocycles. The topological polar surface area (TPSA) is 55.4 Å². The van der Waals surface area contributed by atoms with E-state index in [9.17, 15) is 18.4 Å². The molecule has 2 rings (SSSR count). The minimum absolute atomic E-state index is 0.143. The molecular weight excluding hydrogens is 352 g/mol. The molecule has 0 spiro atoms. The van der Waals surface area contributed by atoms with Crippen LogP contribution in [0, 0.1) is 11.6 Å². The Hall–Kier alpha value is -2.73. The number of esters is 1. The van der Waals surface area contributed by atoms with Crippen molar-refractivity contribution in [3.63, 3.8) is 0 Å². The third-order valence-electron chi connectivity index (χ3n) is 3.15. The van der Waals surface area contributed by atoms with Crippen molar-refractivity contribution in [2.24, 2.45) is 0 Å². The molecule has 0 aromatic heterocycles. The summed E-state index contributed by atoms with van der Waals surface area (Å²) in [6.07, 6.45) is 1.17. The number of anilines is 1. The van der Waals surface area contributed by atoms with Crippen molar-refractivity contribution < 1.29 is 23.1 Å². The van der Waals surface area contributed by atoms with Gasteiger partial charge >= 0.3 is 5.97 Å². The fourth-order valence-electron chi connectivity index (χ4n) is 1.85. The number of amides is 1. The van der Waals surface area contributed by atoms with Crippen molar-refractivity contribution >= 4 is 35.2 Å². The van der Waals surface area contributed by atoms with Gasteiger partial charge in [-0.25, -0.2) is 13.6 Å². The van der Waals surface area contributed by atoms with Gasteiger partial charge in [-0.05, 0) is 37.3 Å². The molecule has 0 aliphatic heterocycles. The van der Waals surface area contributed by atoms with Crippen molar-refractivity contribution in [3.05, 3.63) is 70.8 Å². The molecule has 0 saturated carbocycles. The minimum Gasteiger partial charge on any atom is -0.449 e. The quantitative estimate of drug-likeness (QED) is 0.638. The molecule has 130 valence electrons. The Balaban J connectivity index is 1.92. The van der Waals surface area contributed by atoms with E-state index in [4.69, 9.17) is 16.3 Å².